The number of carboxylic acid groups (broad SMARTS) is 1. The molecule has 0 aliphatic heterocycles. The second kappa shape index (κ2) is 6.81. The monoisotopic (exact) mass is 403 g/mol. The number of carboxylic acids is 1. The van der Waals surface area contributed by atoms with Crippen LogP contribution in [0.3, 0.4) is 0 Å². The molecule has 0 fully saturated rings. The number of carbonyl (C=O) groups excluding carboxylic acids is 1. The highest BCUT2D eigenvalue weighted by Gasteiger charge is 2.34. The van der Waals surface area contributed by atoms with Crippen molar-refractivity contribution in [2.75, 3.05) is 5.32 Å². The molecule has 2 aromatic rings. The Balaban J connectivity index is 2.71. The van der Waals surface area contributed by atoms with Gasteiger partial charge in [-0.25, -0.2) is 44.3 Å². The van der Waals surface area contributed by atoms with Gasteiger partial charge in [0.25, 0.3) is 5.91 Å². The van der Waals surface area contributed by atoms with Crippen LogP contribution in [-0.4, -0.2) is 17.0 Å². The predicted octanol–water partition coefficient (Wildman–Crippen LogP) is 3.89. The summed E-state index contributed by atoms with van der Waals surface area (Å²) >= 11 is 0. The molecule has 2 N–H and O–H groups in total. The Morgan fingerprint density at radius 2 is 0.889 bits per heavy atom. The molecule has 27 heavy (non-hydrogen) atoms. The number of amides is 1. The van der Waals surface area contributed by atoms with E-state index in [1.54, 1.807) is 0 Å². The van der Waals surface area contributed by atoms with Crippen LogP contribution in [0.25, 0.3) is 0 Å². The lowest BCUT2D eigenvalue weighted by Crippen LogP contribution is -2.24. The molecule has 0 atom stereocenters. The van der Waals surface area contributed by atoms with Gasteiger partial charge in [-0.05, 0) is 0 Å². The molecule has 0 spiro atoms. The van der Waals surface area contributed by atoms with Crippen molar-refractivity contribution in [3.63, 3.8) is 0 Å². The largest absolute Gasteiger partial charge is 0.478 e. The molecule has 0 aromatic heterocycles. The lowest BCUT2D eigenvalue weighted by Gasteiger charge is -2.13. The molecule has 0 aliphatic rings. The van der Waals surface area contributed by atoms with Gasteiger partial charge in [-0.1, -0.05) is 0 Å². The Morgan fingerprint density at radius 1 is 0.556 bits per heavy atom. The first-order valence-electron chi connectivity index (χ1n) is 6.33. The van der Waals surface area contributed by atoms with Crippen molar-refractivity contribution in [3.05, 3.63) is 63.5 Å². The van der Waals surface area contributed by atoms with Crippen molar-refractivity contribution < 1.29 is 54.2 Å². The van der Waals surface area contributed by atoms with Gasteiger partial charge in [0.15, 0.2) is 46.5 Å². The zero-order chi connectivity index (χ0) is 20.8. The second-order valence-electron chi connectivity index (χ2n) is 4.71. The Bertz CT molecular complexity index is 978. The molecule has 0 saturated carbocycles. The Kier molecular flexibility index (Phi) is 5.06. The first kappa shape index (κ1) is 20.1. The Morgan fingerprint density at radius 3 is 1.30 bits per heavy atom. The van der Waals surface area contributed by atoms with Crippen molar-refractivity contribution in [2.45, 2.75) is 0 Å². The number of rotatable bonds is 3. The van der Waals surface area contributed by atoms with E-state index in [0.717, 1.165) is 5.32 Å². The molecule has 144 valence electrons. The van der Waals surface area contributed by atoms with Crippen molar-refractivity contribution in [1.29, 1.82) is 0 Å². The summed E-state index contributed by atoms with van der Waals surface area (Å²) in [4.78, 5) is 22.8. The van der Waals surface area contributed by atoms with Gasteiger partial charge >= 0.3 is 5.97 Å². The Hall–Kier alpha value is -3.25. The van der Waals surface area contributed by atoms with Gasteiger partial charge in [-0.3, -0.25) is 4.79 Å². The van der Waals surface area contributed by atoms with Gasteiger partial charge in [-0.15, -0.1) is 0 Å². The number of carbonyl (C=O) groups is 2. The van der Waals surface area contributed by atoms with Crippen LogP contribution in [0.5, 0.6) is 0 Å². The van der Waals surface area contributed by atoms with E-state index in [1.165, 1.54) is 0 Å². The Labute approximate surface area is 141 Å². The van der Waals surface area contributed by atoms with Gasteiger partial charge in [0.2, 0.25) is 5.82 Å². The normalized spacial score (nSPS) is 10.9. The van der Waals surface area contributed by atoms with Crippen LogP contribution in [0.1, 0.15) is 20.7 Å². The smallest absolute Gasteiger partial charge is 0.339 e. The highest BCUT2D eigenvalue weighted by Crippen LogP contribution is 2.29. The fourth-order valence-corrected chi connectivity index (χ4v) is 1.94. The highest BCUT2D eigenvalue weighted by molar-refractivity contribution is 6.11. The molecule has 0 radical (unpaired) electrons. The minimum Gasteiger partial charge on any atom is -0.478 e. The van der Waals surface area contributed by atoms with Crippen LogP contribution < -0.4 is 5.32 Å². The van der Waals surface area contributed by atoms with Gasteiger partial charge < -0.3 is 10.4 Å². The summed E-state index contributed by atoms with van der Waals surface area (Å²) in [5, 5.41) is 9.66. The van der Waals surface area contributed by atoms with E-state index in [-0.39, 0.29) is 0 Å². The number of halogens is 9. The molecule has 0 heterocycles. The van der Waals surface area contributed by atoms with Gasteiger partial charge in [0.05, 0.1) is 5.56 Å². The molecule has 0 aliphatic carbocycles. The lowest BCUT2D eigenvalue weighted by molar-refractivity contribution is 0.0684. The molecule has 0 bridgehead atoms. The standard InChI is InChI=1S/C14H2F9NO3/c15-3-1(2(14(26)27)4(16)6(18)5(3)17)13(25)24-12-10(22)8(20)7(19)9(21)11(12)23/h(H,24,25)(H,26,27). The molecule has 0 saturated heterocycles. The molecular weight excluding hydrogens is 401 g/mol. The summed E-state index contributed by atoms with van der Waals surface area (Å²) in [6, 6.07) is 0. The maximum atomic E-state index is 13.7. The zero-order valence-corrected chi connectivity index (χ0v) is 12.2. The van der Waals surface area contributed by atoms with E-state index in [0.29, 0.717) is 0 Å². The first-order valence-corrected chi connectivity index (χ1v) is 6.33. The van der Waals surface area contributed by atoms with E-state index in [2.05, 4.69) is 0 Å². The molecule has 13 heteroatoms. The van der Waals surface area contributed by atoms with E-state index >= 15 is 0 Å². The van der Waals surface area contributed by atoms with E-state index in [9.17, 15) is 49.1 Å². The minimum atomic E-state index is -2.65. The third kappa shape index (κ3) is 3.04. The fraction of sp³-hybridized carbons (Fsp3) is 0. The molecule has 1 amide bonds. The lowest BCUT2D eigenvalue weighted by atomic mass is 10.0. The molecule has 2 aromatic carbocycles. The van der Waals surface area contributed by atoms with Gasteiger partial charge in [-0.2, -0.15) is 0 Å². The van der Waals surface area contributed by atoms with Gasteiger partial charge in [0.1, 0.15) is 11.3 Å². The number of hydrogen-bond donors (Lipinski definition) is 2. The molecule has 4 nitrogen and oxygen atoms in total. The number of anilines is 1. The van der Waals surface area contributed by atoms with E-state index < -0.39 is 81.0 Å². The summed E-state index contributed by atoms with van der Waals surface area (Å²) in [6.07, 6.45) is 0. The number of hydrogen-bond acceptors (Lipinski definition) is 2. The summed E-state index contributed by atoms with van der Waals surface area (Å²) in [5.41, 5.74) is -6.21. The summed E-state index contributed by atoms with van der Waals surface area (Å²) in [5.74, 6) is -28.1. The summed E-state index contributed by atoms with van der Waals surface area (Å²) in [6.45, 7) is 0. The third-order valence-electron chi connectivity index (χ3n) is 3.16. The highest BCUT2D eigenvalue weighted by atomic mass is 19.2. The third-order valence-corrected chi connectivity index (χ3v) is 3.16. The van der Waals surface area contributed by atoms with Crippen LogP contribution in [0.15, 0.2) is 0 Å². The number of benzene rings is 2. The van der Waals surface area contributed by atoms with Crippen molar-refractivity contribution in [2.24, 2.45) is 0 Å². The fourth-order valence-electron chi connectivity index (χ4n) is 1.94. The van der Waals surface area contributed by atoms with Crippen LogP contribution in [0, 0.1) is 52.4 Å². The minimum absolute atomic E-state index is 0.919. The number of nitrogens with one attached hydrogen (secondary N) is 1. The average Bonchev–Trinajstić information content (AvgIpc) is 2.62. The average molecular weight is 403 g/mol. The van der Waals surface area contributed by atoms with Crippen LogP contribution >= 0.6 is 0 Å². The van der Waals surface area contributed by atoms with E-state index in [1.807, 2.05) is 0 Å². The first-order chi connectivity index (χ1) is 12.4. The van der Waals surface area contributed by atoms with Gasteiger partial charge in [0, 0.05) is 0 Å². The molecule has 2 rings (SSSR count). The topological polar surface area (TPSA) is 66.4 Å². The van der Waals surface area contributed by atoms with E-state index in [4.69, 9.17) is 5.11 Å². The summed E-state index contributed by atoms with van der Waals surface area (Å²) in [7, 11) is 0. The maximum absolute atomic E-state index is 13.7. The van der Waals surface area contributed by atoms with Crippen LogP contribution in [-0.2, 0) is 0 Å². The summed E-state index contributed by atoms with van der Waals surface area (Å²) < 4.78 is 120. The van der Waals surface area contributed by atoms with Crippen molar-refractivity contribution >= 4 is 17.6 Å². The van der Waals surface area contributed by atoms with Crippen LogP contribution in [0.2, 0.25) is 0 Å². The second-order valence-corrected chi connectivity index (χ2v) is 4.71. The maximum Gasteiger partial charge on any atom is 0.339 e. The molecule has 0 unspecified atom stereocenters. The SMILES string of the molecule is O=C(O)c1c(F)c(F)c(F)c(F)c1C(=O)Nc1c(F)c(F)c(F)c(F)c1F. The van der Waals surface area contributed by atoms with Crippen molar-refractivity contribution in [3.8, 4) is 0 Å². The number of aromatic carboxylic acids is 1. The molecular formula is C14H2F9NO3. The van der Waals surface area contributed by atoms with Crippen molar-refractivity contribution in [1.82, 2.24) is 0 Å². The zero-order valence-electron chi connectivity index (χ0n) is 12.2. The predicted molar refractivity (Wildman–Crippen MR) is 67.4 cm³/mol. The quantitative estimate of drug-likeness (QED) is 0.465. The van der Waals surface area contributed by atoms with Crippen LogP contribution in [0.4, 0.5) is 45.2 Å².